The third kappa shape index (κ3) is 15.7. The van der Waals surface area contributed by atoms with Crippen LogP contribution in [0.2, 0.25) is 0 Å². The Morgan fingerprint density at radius 3 is 2.03 bits per heavy atom. The minimum absolute atomic E-state index is 0.0458. The third-order valence-electron chi connectivity index (χ3n) is 11.6. The monoisotopic (exact) mass is 857 g/mol. The summed E-state index contributed by atoms with van der Waals surface area (Å²) in [6.07, 6.45) is 5.18. The standard InChI is InChI=1S/C47H68N8O7/c1-28-23-35(56)24-29(2)37(28)27-39(41(57)26-34(17-11-12-20-48)45(61)55-40(44(50)60)25-33-15-8-6-9-16-33)54-46(62)38(49)19-14-22-53-47(51)52-21-13-7-10-18-36-32(5)42(58)30(3)31(4)43(36)59/h6,8-9,15-16,23-24,34,38-40,56H,7,10-14,17-22,25-27,48-49H2,1-5H3,(H2,50,60)(H,54,62)(H,55,61)(H3,51,52,53)/t34-,38-,39+,40+/m1/s1. The average molecular weight is 857 g/mol. The van der Waals surface area contributed by atoms with Crippen LogP contribution in [0.5, 0.6) is 5.75 Å². The Morgan fingerprint density at radius 2 is 1.39 bits per heavy atom. The van der Waals surface area contributed by atoms with Gasteiger partial charge in [-0.05, 0) is 120 Å². The van der Waals surface area contributed by atoms with Crippen molar-refractivity contribution in [2.45, 2.75) is 130 Å². The molecule has 0 saturated heterocycles. The van der Waals surface area contributed by atoms with Crippen molar-refractivity contribution in [1.29, 1.82) is 0 Å². The van der Waals surface area contributed by atoms with Gasteiger partial charge in [-0.1, -0.05) is 43.2 Å². The summed E-state index contributed by atoms with van der Waals surface area (Å²) in [6, 6.07) is 9.30. The number of aryl methyl sites for hydroxylation is 2. The quantitative estimate of drug-likeness (QED) is 0.0294. The van der Waals surface area contributed by atoms with Gasteiger partial charge >= 0.3 is 0 Å². The van der Waals surface area contributed by atoms with Crippen LogP contribution in [0.3, 0.4) is 0 Å². The fourth-order valence-corrected chi connectivity index (χ4v) is 7.60. The maximum atomic E-state index is 14.2. The minimum Gasteiger partial charge on any atom is -0.508 e. The number of hydrogen-bond donors (Lipinski definition) is 8. The number of nitrogens with zero attached hydrogens (tertiary/aromatic N) is 1. The molecule has 15 nitrogen and oxygen atoms in total. The highest BCUT2D eigenvalue weighted by Crippen LogP contribution is 2.28. The number of unbranched alkanes of at least 4 members (excludes halogenated alkanes) is 3. The lowest BCUT2D eigenvalue weighted by Gasteiger charge is -2.25. The van der Waals surface area contributed by atoms with Crippen LogP contribution in [0.4, 0.5) is 0 Å². The Balaban J connectivity index is 1.60. The van der Waals surface area contributed by atoms with Crippen LogP contribution in [-0.4, -0.2) is 83.9 Å². The highest BCUT2D eigenvalue weighted by molar-refractivity contribution is 6.24. The van der Waals surface area contributed by atoms with Gasteiger partial charge < -0.3 is 44.0 Å². The van der Waals surface area contributed by atoms with Gasteiger partial charge in [0, 0.05) is 60.6 Å². The van der Waals surface area contributed by atoms with Crippen molar-refractivity contribution in [2.24, 2.45) is 33.8 Å². The second kappa shape index (κ2) is 25.3. The Bertz CT molecular complexity index is 1990. The molecule has 1 aliphatic carbocycles. The van der Waals surface area contributed by atoms with Crippen molar-refractivity contribution in [3.63, 3.8) is 0 Å². The zero-order valence-corrected chi connectivity index (χ0v) is 37.1. The molecule has 0 radical (unpaired) electrons. The molecular weight excluding hydrogens is 789 g/mol. The zero-order chi connectivity index (χ0) is 45.9. The Kier molecular flexibility index (Phi) is 20.7. The SMILES string of the molecule is CC1=C(C)C(=O)C(CCCCCNC(N)=NCCC[C@@H](N)C(=O)N[C@@H](Cc2c(C)cc(O)cc2C)C(=O)C[C@@H](CCCCN)C(=O)N[C@@H](Cc2ccccc2)C(N)=O)=C(C)C1=O. The number of carbonyl (C=O) groups is 6. The summed E-state index contributed by atoms with van der Waals surface area (Å²) in [4.78, 5) is 83.4. The number of nitrogens with two attached hydrogens (primary N) is 4. The number of primary amides is 1. The molecule has 3 rings (SSSR count). The molecular formula is C47H68N8O7. The van der Waals surface area contributed by atoms with Crippen molar-refractivity contribution in [2.75, 3.05) is 19.6 Å². The van der Waals surface area contributed by atoms with E-state index in [9.17, 15) is 33.9 Å². The number of ketones is 3. The number of phenolic OH excluding ortho intramolecular Hbond substituents is 1. The molecule has 338 valence electrons. The zero-order valence-electron chi connectivity index (χ0n) is 37.1. The third-order valence-corrected chi connectivity index (χ3v) is 11.6. The molecule has 2 aromatic carbocycles. The first-order valence-corrected chi connectivity index (χ1v) is 21.7. The number of carbonyl (C=O) groups excluding carboxylic acids is 6. The van der Waals surface area contributed by atoms with E-state index in [-0.39, 0.29) is 54.7 Å². The number of aromatic hydroxyl groups is 1. The van der Waals surface area contributed by atoms with Crippen LogP contribution in [-0.2, 0) is 41.6 Å². The van der Waals surface area contributed by atoms with Gasteiger partial charge in [0.15, 0.2) is 23.3 Å². The summed E-state index contributed by atoms with van der Waals surface area (Å²) in [5.74, 6) is -2.74. The topological polar surface area (TPSA) is 275 Å². The smallest absolute Gasteiger partial charge is 0.240 e. The second-order valence-corrected chi connectivity index (χ2v) is 16.4. The van der Waals surface area contributed by atoms with Crippen LogP contribution in [0.25, 0.3) is 0 Å². The fraction of sp³-hybridized carbons (Fsp3) is 0.511. The summed E-state index contributed by atoms with van der Waals surface area (Å²) >= 11 is 0. The predicted octanol–water partition coefficient (Wildman–Crippen LogP) is 3.33. The summed E-state index contributed by atoms with van der Waals surface area (Å²) in [5, 5.41) is 18.9. The van der Waals surface area contributed by atoms with Gasteiger partial charge in [-0.15, -0.1) is 0 Å². The summed E-state index contributed by atoms with van der Waals surface area (Å²) < 4.78 is 0. The second-order valence-electron chi connectivity index (χ2n) is 16.4. The largest absolute Gasteiger partial charge is 0.508 e. The maximum Gasteiger partial charge on any atom is 0.240 e. The lowest BCUT2D eigenvalue weighted by Crippen LogP contribution is -2.51. The molecule has 0 fully saturated rings. The Labute approximate surface area is 366 Å². The van der Waals surface area contributed by atoms with Gasteiger partial charge in [-0.2, -0.15) is 0 Å². The van der Waals surface area contributed by atoms with E-state index in [0.717, 1.165) is 41.5 Å². The number of allylic oxidation sites excluding steroid dienone is 4. The first-order chi connectivity index (χ1) is 29.4. The molecule has 4 atom stereocenters. The van der Waals surface area contributed by atoms with Crippen molar-refractivity contribution in [3.05, 3.63) is 87.0 Å². The van der Waals surface area contributed by atoms with Crippen molar-refractivity contribution in [3.8, 4) is 5.75 Å². The van der Waals surface area contributed by atoms with E-state index in [4.69, 9.17) is 22.9 Å². The van der Waals surface area contributed by atoms with E-state index < -0.39 is 41.8 Å². The van der Waals surface area contributed by atoms with Crippen LogP contribution >= 0.6 is 0 Å². The molecule has 12 N–H and O–H groups in total. The van der Waals surface area contributed by atoms with Crippen LogP contribution in [0.1, 0.15) is 107 Å². The van der Waals surface area contributed by atoms with Gasteiger partial charge in [0.25, 0.3) is 0 Å². The average Bonchev–Trinajstić information content (AvgIpc) is 3.23. The number of amides is 3. The molecule has 0 aromatic heterocycles. The molecule has 0 unspecified atom stereocenters. The molecule has 0 bridgehead atoms. The minimum atomic E-state index is -1.05. The molecule has 3 amide bonds. The van der Waals surface area contributed by atoms with E-state index in [1.54, 1.807) is 32.9 Å². The van der Waals surface area contributed by atoms with Gasteiger partial charge in [-0.25, -0.2) is 0 Å². The first-order valence-electron chi connectivity index (χ1n) is 21.7. The Morgan fingerprint density at radius 1 is 0.742 bits per heavy atom. The normalized spacial score (nSPS) is 15.2. The Hall–Kier alpha value is -5.67. The maximum absolute atomic E-state index is 14.2. The number of benzene rings is 2. The molecule has 2 aromatic rings. The summed E-state index contributed by atoms with van der Waals surface area (Å²) in [7, 11) is 0. The van der Waals surface area contributed by atoms with E-state index in [1.165, 1.54) is 0 Å². The highest BCUT2D eigenvalue weighted by Gasteiger charge is 2.32. The van der Waals surface area contributed by atoms with Gasteiger partial charge in [0.05, 0.1) is 12.1 Å². The lowest BCUT2D eigenvalue weighted by atomic mass is 9.84. The first kappa shape index (κ1) is 50.7. The number of aliphatic imine (C=N–C) groups is 1. The van der Waals surface area contributed by atoms with Crippen molar-refractivity contribution in [1.82, 2.24) is 16.0 Å². The lowest BCUT2D eigenvalue weighted by molar-refractivity contribution is -0.133. The van der Waals surface area contributed by atoms with Crippen LogP contribution < -0.4 is 38.9 Å². The predicted molar refractivity (Wildman–Crippen MR) is 242 cm³/mol. The van der Waals surface area contributed by atoms with Crippen LogP contribution in [0, 0.1) is 19.8 Å². The number of rotatable bonds is 26. The summed E-state index contributed by atoms with van der Waals surface area (Å²) in [5.41, 5.74) is 29.0. The molecule has 0 heterocycles. The highest BCUT2D eigenvalue weighted by atomic mass is 16.3. The number of phenols is 1. The number of nitrogens with one attached hydrogen (secondary N) is 3. The molecule has 0 aliphatic heterocycles. The molecule has 1 aliphatic rings. The van der Waals surface area contributed by atoms with Gasteiger partial charge in [-0.3, -0.25) is 33.8 Å². The number of guanidine groups is 1. The van der Waals surface area contributed by atoms with E-state index in [2.05, 4.69) is 20.9 Å². The van der Waals surface area contributed by atoms with Crippen molar-refractivity contribution < 1.29 is 33.9 Å². The summed E-state index contributed by atoms with van der Waals surface area (Å²) in [6.45, 7) is 10.00. The van der Waals surface area contributed by atoms with Gasteiger partial charge in [0.2, 0.25) is 17.7 Å². The van der Waals surface area contributed by atoms with E-state index in [0.29, 0.717) is 74.0 Å². The molecule has 0 spiro atoms. The van der Waals surface area contributed by atoms with Gasteiger partial charge in [0.1, 0.15) is 11.8 Å². The fourth-order valence-electron chi connectivity index (χ4n) is 7.60. The molecule has 62 heavy (non-hydrogen) atoms. The number of hydrogen-bond acceptors (Lipinski definition) is 10. The molecule has 15 heteroatoms. The molecule has 0 saturated carbocycles. The van der Waals surface area contributed by atoms with E-state index >= 15 is 0 Å². The van der Waals surface area contributed by atoms with Crippen LogP contribution in [0.15, 0.2) is 69.7 Å². The number of Topliss-reactive ketones (excluding diaryl/α,β-unsaturated/α-hetero) is 3. The van der Waals surface area contributed by atoms with E-state index in [1.807, 2.05) is 44.2 Å². The van der Waals surface area contributed by atoms with Crippen molar-refractivity contribution >= 4 is 41.0 Å².